The standard InChI is InChI=1S/C19H20F3N5O4/c1-3-31-16(28)12-8-27-13(7-25-15(27)14(23)26-12)11-6-10(5-4-9(11)2)18(30,17(24)29)19(20,21)22/h4-8,15,25,30H,3H2,1-2H3,(H2,23,26)(H2,24,29). The zero-order chi connectivity index (χ0) is 23.1. The number of hydrogen-bond donors (Lipinski definition) is 4. The number of carbonyl (C=O) groups excluding carboxylic acids is 2. The number of aliphatic imine (C=N–C) groups is 1. The number of esters is 1. The molecule has 0 bridgehead atoms. The maximum atomic E-state index is 13.5. The van der Waals surface area contributed by atoms with Gasteiger partial charge in [-0.3, -0.25) is 4.79 Å². The van der Waals surface area contributed by atoms with Gasteiger partial charge in [0, 0.05) is 23.5 Å². The number of aliphatic hydroxyl groups is 1. The third kappa shape index (κ3) is 3.58. The average molecular weight is 439 g/mol. The number of rotatable bonds is 5. The molecule has 2 aliphatic rings. The molecule has 166 valence electrons. The summed E-state index contributed by atoms with van der Waals surface area (Å²) in [5.41, 5.74) is 7.21. The Hall–Kier alpha value is -3.54. The first-order valence-corrected chi connectivity index (χ1v) is 9.09. The van der Waals surface area contributed by atoms with E-state index >= 15 is 0 Å². The van der Waals surface area contributed by atoms with Crippen molar-refractivity contribution in [1.29, 1.82) is 0 Å². The van der Waals surface area contributed by atoms with Crippen LogP contribution >= 0.6 is 0 Å². The maximum Gasteiger partial charge on any atom is 0.430 e. The lowest BCUT2D eigenvalue weighted by Crippen LogP contribution is -2.52. The first-order chi connectivity index (χ1) is 14.4. The van der Waals surface area contributed by atoms with Crippen molar-refractivity contribution in [3.63, 3.8) is 0 Å². The third-order valence-corrected chi connectivity index (χ3v) is 4.91. The van der Waals surface area contributed by atoms with Gasteiger partial charge < -0.3 is 31.5 Å². The minimum Gasteiger partial charge on any atom is -0.461 e. The highest BCUT2D eigenvalue weighted by Crippen LogP contribution is 2.41. The second-order valence-corrected chi connectivity index (χ2v) is 6.88. The molecule has 1 aromatic rings. The van der Waals surface area contributed by atoms with Gasteiger partial charge in [0.2, 0.25) is 0 Å². The number of carbonyl (C=O) groups is 2. The lowest BCUT2D eigenvalue weighted by molar-refractivity contribution is -0.255. The summed E-state index contributed by atoms with van der Waals surface area (Å²) in [5.74, 6) is -2.64. The molecule has 1 amide bonds. The van der Waals surface area contributed by atoms with Gasteiger partial charge in [-0.25, -0.2) is 9.79 Å². The largest absolute Gasteiger partial charge is 0.461 e. The smallest absolute Gasteiger partial charge is 0.430 e. The Kier molecular flexibility index (Phi) is 5.44. The summed E-state index contributed by atoms with van der Waals surface area (Å²) in [6.07, 6.45) is -3.20. The van der Waals surface area contributed by atoms with E-state index in [1.165, 1.54) is 23.4 Å². The zero-order valence-corrected chi connectivity index (χ0v) is 16.5. The topological polar surface area (TPSA) is 143 Å². The third-order valence-electron chi connectivity index (χ3n) is 4.91. The van der Waals surface area contributed by atoms with Gasteiger partial charge in [-0.2, -0.15) is 13.2 Å². The fraction of sp³-hybridized carbons (Fsp3) is 0.316. The number of hydrogen-bond acceptors (Lipinski definition) is 8. The number of nitrogens with two attached hydrogens (primary N) is 2. The van der Waals surface area contributed by atoms with Crippen molar-refractivity contribution in [3.8, 4) is 0 Å². The molecule has 1 aromatic carbocycles. The van der Waals surface area contributed by atoms with E-state index in [0.29, 0.717) is 11.3 Å². The number of aryl methyl sites for hydroxylation is 1. The lowest BCUT2D eigenvalue weighted by Gasteiger charge is -2.31. The van der Waals surface area contributed by atoms with Crippen LogP contribution in [-0.4, -0.2) is 46.7 Å². The van der Waals surface area contributed by atoms with Gasteiger partial charge in [-0.1, -0.05) is 12.1 Å². The van der Waals surface area contributed by atoms with E-state index < -0.39 is 35.4 Å². The molecule has 12 heteroatoms. The molecular weight excluding hydrogens is 419 g/mol. The van der Waals surface area contributed by atoms with Gasteiger partial charge >= 0.3 is 12.1 Å². The van der Waals surface area contributed by atoms with Crippen molar-refractivity contribution in [2.24, 2.45) is 16.5 Å². The molecule has 2 aliphatic heterocycles. The molecule has 2 atom stereocenters. The number of nitrogens with one attached hydrogen (secondary N) is 1. The van der Waals surface area contributed by atoms with Crippen LogP contribution in [0.4, 0.5) is 13.2 Å². The van der Waals surface area contributed by atoms with E-state index in [9.17, 15) is 27.9 Å². The van der Waals surface area contributed by atoms with Gasteiger partial charge in [0.25, 0.3) is 11.5 Å². The molecule has 0 aromatic heterocycles. The van der Waals surface area contributed by atoms with Crippen molar-refractivity contribution < 1.29 is 32.6 Å². The summed E-state index contributed by atoms with van der Waals surface area (Å²) in [6.45, 7) is 3.36. The average Bonchev–Trinajstić information content (AvgIpc) is 3.11. The zero-order valence-electron chi connectivity index (χ0n) is 16.5. The minimum atomic E-state index is -5.34. The van der Waals surface area contributed by atoms with E-state index in [1.54, 1.807) is 13.8 Å². The Balaban J connectivity index is 2.08. The molecule has 3 rings (SSSR count). The normalized spacial score (nSPS) is 20.0. The molecule has 0 fully saturated rings. The number of primary amides is 1. The number of ether oxygens (including phenoxy) is 1. The summed E-state index contributed by atoms with van der Waals surface area (Å²) in [6, 6.07) is 3.31. The second-order valence-electron chi connectivity index (χ2n) is 6.88. The summed E-state index contributed by atoms with van der Waals surface area (Å²) in [7, 11) is 0. The molecule has 0 saturated heterocycles. The predicted octanol–water partition coefficient (Wildman–Crippen LogP) is 0.535. The maximum absolute atomic E-state index is 13.5. The minimum absolute atomic E-state index is 0.0366. The van der Waals surface area contributed by atoms with Gasteiger partial charge in [-0.05, 0) is 25.5 Å². The lowest BCUT2D eigenvalue weighted by atomic mass is 9.89. The number of halogens is 3. The highest BCUT2D eigenvalue weighted by molar-refractivity contribution is 5.98. The number of benzene rings is 1. The molecule has 0 aliphatic carbocycles. The van der Waals surface area contributed by atoms with E-state index in [2.05, 4.69) is 10.3 Å². The fourth-order valence-corrected chi connectivity index (χ4v) is 3.27. The monoisotopic (exact) mass is 439 g/mol. The number of fused-ring (bicyclic) bond motifs is 1. The number of amidine groups is 1. The Bertz CT molecular complexity index is 1030. The van der Waals surface area contributed by atoms with Crippen molar-refractivity contribution in [3.05, 3.63) is 53.0 Å². The Labute approximate surface area is 174 Å². The first kappa shape index (κ1) is 22.2. The summed E-state index contributed by atoms with van der Waals surface area (Å²) in [5, 5.41) is 13.1. The van der Waals surface area contributed by atoms with Crippen molar-refractivity contribution in [1.82, 2.24) is 10.2 Å². The highest BCUT2D eigenvalue weighted by Gasteiger charge is 2.60. The van der Waals surface area contributed by atoms with Gasteiger partial charge in [-0.15, -0.1) is 0 Å². The summed E-state index contributed by atoms with van der Waals surface area (Å²) in [4.78, 5) is 29.1. The van der Waals surface area contributed by atoms with E-state index in [-0.39, 0.29) is 23.7 Å². The van der Waals surface area contributed by atoms with E-state index in [4.69, 9.17) is 16.2 Å². The Morgan fingerprint density at radius 1 is 1.35 bits per heavy atom. The SMILES string of the molecule is CCOC(=O)C1=CN2C(c3cc(C(O)(C(N)=O)C(F)(F)F)ccc3C)=CNC2C(N)=N1. The fourth-order valence-electron chi connectivity index (χ4n) is 3.27. The van der Waals surface area contributed by atoms with Crippen LogP contribution in [0.5, 0.6) is 0 Å². The van der Waals surface area contributed by atoms with Crippen LogP contribution < -0.4 is 16.8 Å². The molecule has 9 nitrogen and oxygen atoms in total. The molecule has 2 heterocycles. The van der Waals surface area contributed by atoms with Crippen LogP contribution in [0.15, 0.2) is 41.3 Å². The molecule has 0 saturated carbocycles. The van der Waals surface area contributed by atoms with Crippen LogP contribution in [0.25, 0.3) is 5.70 Å². The van der Waals surface area contributed by atoms with Crippen LogP contribution in [0, 0.1) is 6.92 Å². The number of alkyl halides is 3. The van der Waals surface area contributed by atoms with E-state index in [1.807, 2.05) is 0 Å². The Morgan fingerprint density at radius 3 is 2.61 bits per heavy atom. The molecule has 2 unspecified atom stereocenters. The van der Waals surface area contributed by atoms with Gasteiger partial charge in [0.1, 0.15) is 5.84 Å². The van der Waals surface area contributed by atoms with Crippen LogP contribution in [0.1, 0.15) is 23.6 Å². The highest BCUT2D eigenvalue weighted by atomic mass is 19.4. The second kappa shape index (κ2) is 7.61. The first-order valence-electron chi connectivity index (χ1n) is 9.09. The summed E-state index contributed by atoms with van der Waals surface area (Å²) < 4.78 is 45.4. The van der Waals surface area contributed by atoms with Crippen LogP contribution in [0.3, 0.4) is 0 Å². The molecule has 6 N–H and O–H groups in total. The molecule has 0 spiro atoms. The Morgan fingerprint density at radius 2 is 2.03 bits per heavy atom. The molecule has 0 radical (unpaired) electrons. The van der Waals surface area contributed by atoms with Gasteiger partial charge in [0.05, 0.1) is 12.3 Å². The van der Waals surface area contributed by atoms with Gasteiger partial charge in [0.15, 0.2) is 11.9 Å². The quantitative estimate of drug-likeness (QED) is 0.490. The van der Waals surface area contributed by atoms with E-state index in [0.717, 1.165) is 12.1 Å². The molecular formula is C19H20F3N5O4. The summed E-state index contributed by atoms with van der Waals surface area (Å²) >= 11 is 0. The van der Waals surface area contributed by atoms with Crippen LogP contribution in [-0.2, 0) is 19.9 Å². The number of nitrogens with zero attached hydrogens (tertiary/aromatic N) is 2. The van der Waals surface area contributed by atoms with Crippen LogP contribution in [0.2, 0.25) is 0 Å². The number of amides is 1. The predicted molar refractivity (Wildman–Crippen MR) is 103 cm³/mol. The van der Waals surface area contributed by atoms with Crippen molar-refractivity contribution in [2.75, 3.05) is 6.61 Å². The van der Waals surface area contributed by atoms with Crippen molar-refractivity contribution >= 4 is 23.4 Å². The molecule has 31 heavy (non-hydrogen) atoms. The van der Waals surface area contributed by atoms with Crippen molar-refractivity contribution in [2.45, 2.75) is 31.8 Å².